The summed E-state index contributed by atoms with van der Waals surface area (Å²) in [4.78, 5) is 20.3. The lowest BCUT2D eigenvalue weighted by Gasteiger charge is -2.41. The molecule has 0 spiro atoms. The number of carbonyl (C=O) groups is 1. The topological polar surface area (TPSA) is 26.8 Å². The smallest absolute Gasteiger partial charge is 0.240 e. The number of carbonyl (C=O) groups excluding carboxylic acids is 1. The Morgan fingerprint density at radius 1 is 0.806 bits per heavy atom. The van der Waals surface area contributed by atoms with Gasteiger partial charge in [0, 0.05) is 32.2 Å². The van der Waals surface area contributed by atoms with Gasteiger partial charge in [0.05, 0.1) is 12.1 Å². The SMILES string of the molecule is CCN1[C@@H](c2ccccc2)CC[C@H]1C(=O)N1CCN(C(c2ccc(F)cc2)c2ccc(F)cc2)CC1. The normalized spacial score (nSPS) is 21.3. The molecule has 6 heteroatoms. The van der Waals surface area contributed by atoms with Crippen molar-refractivity contribution < 1.29 is 13.6 Å². The van der Waals surface area contributed by atoms with Gasteiger partial charge in [-0.25, -0.2) is 8.78 Å². The van der Waals surface area contributed by atoms with E-state index in [-0.39, 0.29) is 35.7 Å². The van der Waals surface area contributed by atoms with E-state index in [1.807, 2.05) is 11.0 Å². The Morgan fingerprint density at radius 2 is 1.36 bits per heavy atom. The summed E-state index contributed by atoms with van der Waals surface area (Å²) in [5.41, 5.74) is 3.20. The van der Waals surface area contributed by atoms with Crippen LogP contribution in [0.2, 0.25) is 0 Å². The molecule has 0 N–H and O–H groups in total. The third-order valence-corrected chi connectivity index (χ3v) is 7.71. The number of hydrogen-bond donors (Lipinski definition) is 0. The molecular weight excluding hydrogens is 456 g/mol. The highest BCUT2D eigenvalue weighted by Crippen LogP contribution is 2.37. The van der Waals surface area contributed by atoms with Gasteiger partial charge in [-0.3, -0.25) is 14.6 Å². The van der Waals surface area contributed by atoms with Crippen molar-refractivity contribution >= 4 is 5.91 Å². The molecule has 0 bridgehead atoms. The molecular formula is C30H33F2N3O. The number of hydrogen-bond acceptors (Lipinski definition) is 3. The number of piperazine rings is 1. The maximum Gasteiger partial charge on any atom is 0.240 e. The van der Waals surface area contributed by atoms with Crippen molar-refractivity contribution in [2.45, 2.75) is 37.9 Å². The molecule has 4 nitrogen and oxygen atoms in total. The van der Waals surface area contributed by atoms with Gasteiger partial charge in [-0.05, 0) is 60.3 Å². The predicted octanol–water partition coefficient (Wildman–Crippen LogP) is 5.42. The lowest BCUT2D eigenvalue weighted by molar-refractivity contribution is -0.138. The molecule has 2 saturated heterocycles. The van der Waals surface area contributed by atoms with Gasteiger partial charge in [-0.15, -0.1) is 0 Å². The van der Waals surface area contributed by atoms with Crippen LogP contribution in [0.3, 0.4) is 0 Å². The first-order valence-electron chi connectivity index (χ1n) is 12.9. The van der Waals surface area contributed by atoms with Crippen LogP contribution in [0.25, 0.3) is 0 Å². The second kappa shape index (κ2) is 10.9. The van der Waals surface area contributed by atoms with Gasteiger partial charge < -0.3 is 4.90 Å². The van der Waals surface area contributed by atoms with E-state index in [2.05, 4.69) is 41.0 Å². The average molecular weight is 490 g/mol. The maximum atomic E-state index is 13.6. The fraction of sp³-hybridized carbons (Fsp3) is 0.367. The van der Waals surface area contributed by atoms with Gasteiger partial charge in [0.25, 0.3) is 0 Å². The van der Waals surface area contributed by atoms with Crippen molar-refractivity contribution in [1.82, 2.24) is 14.7 Å². The minimum absolute atomic E-state index is 0.0863. The van der Waals surface area contributed by atoms with Crippen LogP contribution in [0, 0.1) is 11.6 Å². The Bertz CT molecular complexity index is 1100. The zero-order valence-corrected chi connectivity index (χ0v) is 20.7. The molecule has 2 aliphatic heterocycles. The molecule has 36 heavy (non-hydrogen) atoms. The Morgan fingerprint density at radius 3 is 1.89 bits per heavy atom. The van der Waals surface area contributed by atoms with Crippen molar-refractivity contribution in [2.75, 3.05) is 32.7 Å². The van der Waals surface area contributed by atoms with E-state index >= 15 is 0 Å². The van der Waals surface area contributed by atoms with E-state index in [0.29, 0.717) is 26.2 Å². The first-order chi connectivity index (χ1) is 17.5. The summed E-state index contributed by atoms with van der Waals surface area (Å²) in [5, 5.41) is 0. The van der Waals surface area contributed by atoms with Gasteiger partial charge in [0.15, 0.2) is 0 Å². The Labute approximate surface area is 212 Å². The van der Waals surface area contributed by atoms with Gasteiger partial charge in [0.2, 0.25) is 5.91 Å². The largest absolute Gasteiger partial charge is 0.339 e. The van der Waals surface area contributed by atoms with E-state index < -0.39 is 0 Å². The molecule has 0 aliphatic carbocycles. The predicted molar refractivity (Wildman–Crippen MR) is 137 cm³/mol. The highest BCUT2D eigenvalue weighted by Gasteiger charge is 2.40. The van der Waals surface area contributed by atoms with Crippen LogP contribution >= 0.6 is 0 Å². The number of rotatable bonds is 6. The highest BCUT2D eigenvalue weighted by molar-refractivity contribution is 5.82. The van der Waals surface area contributed by atoms with E-state index in [0.717, 1.165) is 30.5 Å². The number of amides is 1. The van der Waals surface area contributed by atoms with Crippen LogP contribution in [0.4, 0.5) is 8.78 Å². The monoisotopic (exact) mass is 489 g/mol. The molecule has 0 aromatic heterocycles. The minimum atomic E-state index is -0.280. The quantitative estimate of drug-likeness (QED) is 0.462. The van der Waals surface area contributed by atoms with E-state index in [1.165, 1.54) is 29.8 Å². The Balaban J connectivity index is 1.29. The summed E-state index contributed by atoms with van der Waals surface area (Å²) in [6.45, 7) is 5.66. The number of benzene rings is 3. The first-order valence-corrected chi connectivity index (χ1v) is 12.9. The summed E-state index contributed by atoms with van der Waals surface area (Å²) in [6, 6.07) is 23.6. The van der Waals surface area contributed by atoms with Crippen LogP contribution < -0.4 is 0 Å². The number of nitrogens with zero attached hydrogens (tertiary/aromatic N) is 3. The van der Waals surface area contributed by atoms with Gasteiger partial charge >= 0.3 is 0 Å². The molecule has 188 valence electrons. The zero-order chi connectivity index (χ0) is 25.1. The van der Waals surface area contributed by atoms with E-state index in [9.17, 15) is 13.6 Å². The second-order valence-electron chi connectivity index (χ2n) is 9.72. The Hall–Kier alpha value is -3.09. The van der Waals surface area contributed by atoms with Crippen LogP contribution in [0.1, 0.15) is 48.5 Å². The average Bonchev–Trinajstić information content (AvgIpc) is 3.36. The summed E-state index contributed by atoms with van der Waals surface area (Å²) in [5.74, 6) is -0.342. The van der Waals surface area contributed by atoms with Crippen molar-refractivity contribution in [1.29, 1.82) is 0 Å². The minimum Gasteiger partial charge on any atom is -0.339 e. The summed E-state index contributed by atoms with van der Waals surface area (Å²) in [7, 11) is 0. The Kier molecular flexibility index (Phi) is 7.44. The van der Waals surface area contributed by atoms with Crippen molar-refractivity contribution in [3.8, 4) is 0 Å². The van der Waals surface area contributed by atoms with Crippen LogP contribution in [0.15, 0.2) is 78.9 Å². The molecule has 3 aromatic carbocycles. The second-order valence-corrected chi connectivity index (χ2v) is 9.72. The molecule has 1 amide bonds. The van der Waals surface area contributed by atoms with Gasteiger partial charge in [-0.1, -0.05) is 61.5 Å². The molecule has 0 unspecified atom stereocenters. The van der Waals surface area contributed by atoms with Gasteiger partial charge in [-0.2, -0.15) is 0 Å². The summed E-state index contributed by atoms with van der Waals surface area (Å²) in [6.07, 6.45) is 1.87. The molecule has 0 radical (unpaired) electrons. The molecule has 5 rings (SSSR count). The maximum absolute atomic E-state index is 13.6. The van der Waals surface area contributed by atoms with Crippen molar-refractivity contribution in [2.24, 2.45) is 0 Å². The molecule has 0 saturated carbocycles. The fourth-order valence-corrected chi connectivity index (χ4v) is 5.92. The van der Waals surface area contributed by atoms with E-state index in [4.69, 9.17) is 0 Å². The number of likely N-dealkylation sites (N-methyl/N-ethyl adjacent to an activating group) is 1. The van der Waals surface area contributed by atoms with Gasteiger partial charge in [0.1, 0.15) is 11.6 Å². The van der Waals surface area contributed by atoms with Crippen LogP contribution in [0.5, 0.6) is 0 Å². The first kappa shape index (κ1) is 24.6. The standard InChI is InChI=1S/C30H33F2N3O/c1-2-35-27(22-6-4-3-5-7-22)16-17-28(35)30(36)34-20-18-33(19-21-34)29(23-8-12-25(31)13-9-23)24-10-14-26(32)15-11-24/h3-15,27-29H,2,16-21H2,1H3/t27-,28+/m1/s1. The molecule has 2 aliphatic rings. The lowest BCUT2D eigenvalue weighted by atomic mass is 9.96. The third kappa shape index (κ3) is 5.06. The molecule has 2 heterocycles. The van der Waals surface area contributed by atoms with Crippen molar-refractivity contribution in [3.63, 3.8) is 0 Å². The van der Waals surface area contributed by atoms with Crippen LogP contribution in [-0.4, -0.2) is 59.4 Å². The van der Waals surface area contributed by atoms with Crippen molar-refractivity contribution in [3.05, 3.63) is 107 Å². The molecule has 3 aromatic rings. The summed E-state index contributed by atoms with van der Waals surface area (Å²) < 4.78 is 27.2. The van der Waals surface area contributed by atoms with Crippen LogP contribution in [-0.2, 0) is 4.79 Å². The summed E-state index contributed by atoms with van der Waals surface area (Å²) >= 11 is 0. The lowest BCUT2D eigenvalue weighted by Crippen LogP contribution is -2.54. The number of halogens is 2. The third-order valence-electron chi connectivity index (χ3n) is 7.71. The van der Waals surface area contributed by atoms with E-state index in [1.54, 1.807) is 24.3 Å². The molecule has 2 fully saturated rings. The fourth-order valence-electron chi connectivity index (χ4n) is 5.92. The molecule has 2 atom stereocenters. The number of likely N-dealkylation sites (tertiary alicyclic amines) is 1. The highest BCUT2D eigenvalue weighted by atomic mass is 19.1. The zero-order valence-electron chi connectivity index (χ0n) is 20.7.